The van der Waals surface area contributed by atoms with Crippen LogP contribution in [0.4, 0.5) is 5.82 Å². The number of ether oxygens (including phenoxy) is 1. The van der Waals surface area contributed by atoms with Gasteiger partial charge >= 0.3 is 5.97 Å². The zero-order valence-electron chi connectivity index (χ0n) is 17.1. The Labute approximate surface area is 192 Å². The van der Waals surface area contributed by atoms with Crippen LogP contribution in [0.3, 0.4) is 0 Å². The van der Waals surface area contributed by atoms with Gasteiger partial charge in [-0.25, -0.2) is 4.98 Å². The molecule has 3 N–H and O–H groups in total. The Kier molecular flexibility index (Phi) is 13.9. The average molecular weight is 470 g/mol. The van der Waals surface area contributed by atoms with Crippen LogP contribution in [0.2, 0.25) is 0 Å². The average Bonchev–Trinajstić information content (AvgIpc) is 3.51. The van der Waals surface area contributed by atoms with Gasteiger partial charge in [-0.1, -0.05) is 6.07 Å². The van der Waals surface area contributed by atoms with Gasteiger partial charge in [-0.3, -0.25) is 4.79 Å². The molecular formula is C20H35Cl3N4O2. The van der Waals surface area contributed by atoms with Crippen molar-refractivity contribution in [1.29, 1.82) is 0 Å². The van der Waals surface area contributed by atoms with Crippen molar-refractivity contribution in [3.63, 3.8) is 0 Å². The van der Waals surface area contributed by atoms with Crippen LogP contribution >= 0.6 is 37.2 Å². The number of esters is 1. The Hall–Kier alpha value is -0.790. The molecule has 1 aliphatic carbocycles. The molecule has 0 radical (unpaired) electrons. The molecule has 0 bridgehead atoms. The summed E-state index contributed by atoms with van der Waals surface area (Å²) >= 11 is 0. The van der Waals surface area contributed by atoms with Crippen LogP contribution in [0.15, 0.2) is 12.1 Å². The third-order valence-electron chi connectivity index (χ3n) is 5.37. The molecule has 2 heterocycles. The molecule has 168 valence electrons. The number of nitrogens with one attached hydrogen (secondary N) is 1. The molecule has 1 fully saturated rings. The van der Waals surface area contributed by atoms with Crippen LogP contribution < -0.4 is 11.1 Å². The molecule has 6 nitrogen and oxygen atoms in total. The lowest BCUT2D eigenvalue weighted by atomic mass is 10.1. The number of unbranched alkanes of at least 4 members (excludes halogenated alkanes) is 1. The van der Waals surface area contributed by atoms with Gasteiger partial charge in [-0.05, 0) is 69.5 Å². The van der Waals surface area contributed by atoms with Crippen LogP contribution in [0.5, 0.6) is 0 Å². The van der Waals surface area contributed by atoms with E-state index in [0.717, 1.165) is 51.1 Å². The number of nitrogens with two attached hydrogens (primary N) is 1. The highest BCUT2D eigenvalue weighted by atomic mass is 35.5. The van der Waals surface area contributed by atoms with E-state index in [-0.39, 0.29) is 43.2 Å². The minimum Gasteiger partial charge on any atom is -0.468 e. The fraction of sp³-hybridized carbons (Fsp3) is 0.700. The van der Waals surface area contributed by atoms with Crippen LogP contribution in [0.25, 0.3) is 0 Å². The first-order chi connectivity index (χ1) is 12.7. The summed E-state index contributed by atoms with van der Waals surface area (Å²) in [6.45, 7) is 2.98. The summed E-state index contributed by atoms with van der Waals surface area (Å²) in [5.41, 5.74) is 8.40. The standard InChI is InChI=1S/C20H32N4O2.3ClH/c1-26-20(25)18(21)11-14-24(17-9-10-17)13-3-2-6-16-8-7-15-5-4-12-22-19(15)23-16;;;/h7-8,17-18H,2-6,9-14,21H2,1H3,(H,22,23);3*1H/t18-;;;/m0.../s1. The lowest BCUT2D eigenvalue weighted by Crippen LogP contribution is -2.37. The van der Waals surface area contributed by atoms with Gasteiger partial charge in [0.15, 0.2) is 0 Å². The van der Waals surface area contributed by atoms with Gasteiger partial charge in [0, 0.05) is 24.8 Å². The Bertz CT molecular complexity index is 617. The maximum atomic E-state index is 11.5. The predicted molar refractivity (Wildman–Crippen MR) is 125 cm³/mol. The van der Waals surface area contributed by atoms with Crippen molar-refractivity contribution in [2.75, 3.05) is 32.1 Å². The number of aryl methyl sites for hydroxylation is 2. The molecule has 2 aliphatic rings. The maximum absolute atomic E-state index is 11.5. The van der Waals surface area contributed by atoms with Gasteiger partial charge < -0.3 is 20.7 Å². The first-order valence-corrected chi connectivity index (χ1v) is 9.97. The van der Waals surface area contributed by atoms with Crippen LogP contribution in [-0.2, 0) is 22.4 Å². The van der Waals surface area contributed by atoms with E-state index >= 15 is 0 Å². The fourth-order valence-corrected chi connectivity index (χ4v) is 3.62. The normalized spacial score (nSPS) is 15.7. The number of carbonyl (C=O) groups is 1. The Morgan fingerprint density at radius 3 is 2.72 bits per heavy atom. The van der Waals surface area contributed by atoms with Crippen molar-refractivity contribution >= 4 is 49.0 Å². The third-order valence-corrected chi connectivity index (χ3v) is 5.37. The van der Waals surface area contributed by atoms with Crippen molar-refractivity contribution in [2.45, 2.75) is 63.5 Å². The number of nitrogens with zero attached hydrogens (tertiary/aromatic N) is 2. The summed E-state index contributed by atoms with van der Waals surface area (Å²) in [5.74, 6) is 0.776. The summed E-state index contributed by atoms with van der Waals surface area (Å²) in [6.07, 6.45) is 8.85. The summed E-state index contributed by atoms with van der Waals surface area (Å²) in [7, 11) is 1.39. The second-order valence-corrected chi connectivity index (χ2v) is 7.48. The van der Waals surface area contributed by atoms with E-state index in [9.17, 15) is 4.79 Å². The highest BCUT2D eigenvalue weighted by Gasteiger charge is 2.29. The highest BCUT2D eigenvalue weighted by molar-refractivity contribution is 5.86. The zero-order chi connectivity index (χ0) is 18.4. The molecule has 1 aromatic rings. The Morgan fingerprint density at radius 2 is 2.03 bits per heavy atom. The molecule has 9 heteroatoms. The number of hydrogen-bond acceptors (Lipinski definition) is 6. The third kappa shape index (κ3) is 8.85. The predicted octanol–water partition coefficient (Wildman–Crippen LogP) is 3.38. The van der Waals surface area contributed by atoms with Crippen molar-refractivity contribution < 1.29 is 9.53 Å². The lowest BCUT2D eigenvalue weighted by Gasteiger charge is -2.23. The molecule has 0 aromatic carbocycles. The maximum Gasteiger partial charge on any atom is 0.322 e. The van der Waals surface area contributed by atoms with Crippen molar-refractivity contribution in [3.8, 4) is 0 Å². The van der Waals surface area contributed by atoms with E-state index in [0.29, 0.717) is 12.5 Å². The van der Waals surface area contributed by atoms with E-state index < -0.39 is 6.04 Å². The van der Waals surface area contributed by atoms with Crippen LogP contribution in [0, 0.1) is 0 Å². The lowest BCUT2D eigenvalue weighted by molar-refractivity contribution is -0.142. The summed E-state index contributed by atoms with van der Waals surface area (Å²) in [6, 6.07) is 4.59. The van der Waals surface area contributed by atoms with E-state index in [1.54, 1.807) is 0 Å². The first-order valence-electron chi connectivity index (χ1n) is 9.97. The monoisotopic (exact) mass is 468 g/mol. The van der Waals surface area contributed by atoms with Gasteiger partial charge in [-0.2, -0.15) is 0 Å². The Balaban J connectivity index is 0.00000261. The number of rotatable bonds is 10. The van der Waals surface area contributed by atoms with Gasteiger partial charge in [0.05, 0.1) is 7.11 Å². The second-order valence-electron chi connectivity index (χ2n) is 7.48. The zero-order valence-corrected chi connectivity index (χ0v) is 19.6. The van der Waals surface area contributed by atoms with E-state index in [1.165, 1.54) is 37.6 Å². The summed E-state index contributed by atoms with van der Waals surface area (Å²) in [5, 5.41) is 3.41. The number of anilines is 1. The quantitative estimate of drug-likeness (QED) is 0.404. The van der Waals surface area contributed by atoms with Gasteiger partial charge in [0.25, 0.3) is 0 Å². The molecule has 3 rings (SSSR count). The number of fused-ring (bicyclic) bond motifs is 1. The smallest absolute Gasteiger partial charge is 0.322 e. The molecule has 1 atom stereocenters. The SMILES string of the molecule is COC(=O)[C@@H](N)CCN(CCCCc1ccc2c(n1)NCCC2)C1CC1.Cl.Cl.Cl. The molecule has 29 heavy (non-hydrogen) atoms. The largest absolute Gasteiger partial charge is 0.468 e. The van der Waals surface area contributed by atoms with Crippen LogP contribution in [-0.4, -0.2) is 54.7 Å². The molecular weight excluding hydrogens is 435 g/mol. The van der Waals surface area contributed by atoms with E-state index in [1.807, 2.05) is 0 Å². The molecule has 0 amide bonds. The Morgan fingerprint density at radius 1 is 1.28 bits per heavy atom. The highest BCUT2D eigenvalue weighted by Crippen LogP contribution is 2.27. The van der Waals surface area contributed by atoms with Crippen molar-refractivity contribution in [3.05, 3.63) is 23.4 Å². The summed E-state index contributed by atoms with van der Waals surface area (Å²) in [4.78, 5) is 18.7. The number of halogens is 3. The molecule has 1 aliphatic heterocycles. The molecule has 0 unspecified atom stereocenters. The van der Waals surface area contributed by atoms with Crippen LogP contribution in [0.1, 0.15) is 49.8 Å². The van der Waals surface area contributed by atoms with Crippen molar-refractivity contribution in [1.82, 2.24) is 9.88 Å². The first kappa shape index (κ1) is 28.2. The molecule has 0 saturated heterocycles. The van der Waals surface area contributed by atoms with E-state index in [4.69, 9.17) is 15.5 Å². The number of hydrogen-bond donors (Lipinski definition) is 2. The number of aromatic nitrogens is 1. The van der Waals surface area contributed by atoms with E-state index in [2.05, 4.69) is 22.3 Å². The minimum absolute atomic E-state index is 0. The molecule has 1 saturated carbocycles. The van der Waals surface area contributed by atoms with Crippen molar-refractivity contribution in [2.24, 2.45) is 5.73 Å². The number of carbonyl (C=O) groups excluding carboxylic acids is 1. The number of pyridine rings is 1. The summed E-state index contributed by atoms with van der Waals surface area (Å²) < 4.78 is 4.71. The van der Waals surface area contributed by atoms with Gasteiger partial charge in [0.2, 0.25) is 0 Å². The second kappa shape index (κ2) is 14.3. The minimum atomic E-state index is -0.506. The van der Waals surface area contributed by atoms with Gasteiger partial charge in [-0.15, -0.1) is 37.2 Å². The fourth-order valence-electron chi connectivity index (χ4n) is 3.62. The topological polar surface area (TPSA) is 80.5 Å². The van der Waals surface area contributed by atoms with Gasteiger partial charge in [0.1, 0.15) is 11.9 Å². The number of methoxy groups -OCH3 is 1. The molecule has 0 spiro atoms. The molecule has 1 aromatic heterocycles.